The van der Waals surface area contributed by atoms with Crippen molar-refractivity contribution in [1.29, 1.82) is 0 Å². The Kier molecular flexibility index (Phi) is 4.03. The van der Waals surface area contributed by atoms with Gasteiger partial charge in [0, 0.05) is 6.54 Å². The molecule has 19 heavy (non-hydrogen) atoms. The van der Waals surface area contributed by atoms with Gasteiger partial charge in [-0.3, -0.25) is 0 Å². The molecule has 1 unspecified atom stereocenters. The highest BCUT2D eigenvalue weighted by Gasteiger charge is 2.38. The first-order chi connectivity index (χ1) is 8.86. The molecule has 0 aliphatic carbocycles. The average molecular weight is 307 g/mol. The summed E-state index contributed by atoms with van der Waals surface area (Å²) in [6, 6.07) is 3.93. The molecule has 0 radical (unpaired) electrons. The number of anilines is 1. The Morgan fingerprint density at radius 1 is 1.47 bits per heavy atom. The van der Waals surface area contributed by atoms with Gasteiger partial charge in [0.05, 0.1) is 27.8 Å². The van der Waals surface area contributed by atoms with E-state index in [4.69, 9.17) is 17.3 Å². The molecule has 0 amide bonds. The SMILES string of the molecule is NCC1(Nc2cc(F)ccc2Cl)CCCS(=O)(=O)C1. The quantitative estimate of drug-likeness (QED) is 0.893. The van der Waals surface area contributed by atoms with Crippen molar-refractivity contribution in [2.75, 3.05) is 23.4 Å². The highest BCUT2D eigenvalue weighted by atomic mass is 35.5. The van der Waals surface area contributed by atoms with E-state index >= 15 is 0 Å². The Morgan fingerprint density at radius 3 is 2.84 bits per heavy atom. The first-order valence-corrected chi connectivity index (χ1v) is 8.19. The fraction of sp³-hybridized carbons (Fsp3) is 0.500. The number of rotatable bonds is 3. The minimum Gasteiger partial charge on any atom is -0.376 e. The highest BCUT2D eigenvalue weighted by molar-refractivity contribution is 7.91. The molecule has 106 valence electrons. The Bertz CT molecular complexity index is 579. The van der Waals surface area contributed by atoms with Gasteiger partial charge in [-0.2, -0.15) is 0 Å². The molecule has 0 saturated carbocycles. The van der Waals surface area contributed by atoms with E-state index < -0.39 is 21.2 Å². The molecule has 4 nitrogen and oxygen atoms in total. The number of benzene rings is 1. The summed E-state index contributed by atoms with van der Waals surface area (Å²) in [7, 11) is -3.12. The van der Waals surface area contributed by atoms with Crippen molar-refractivity contribution in [3.63, 3.8) is 0 Å². The summed E-state index contributed by atoms with van der Waals surface area (Å²) < 4.78 is 36.8. The van der Waals surface area contributed by atoms with Gasteiger partial charge in [-0.1, -0.05) is 11.6 Å². The molecule has 1 saturated heterocycles. The molecule has 3 N–H and O–H groups in total. The molecular weight excluding hydrogens is 291 g/mol. The van der Waals surface area contributed by atoms with E-state index in [0.29, 0.717) is 23.6 Å². The summed E-state index contributed by atoms with van der Waals surface area (Å²) in [6.45, 7) is 0.152. The molecule has 2 rings (SSSR count). The van der Waals surface area contributed by atoms with Gasteiger partial charge < -0.3 is 11.1 Å². The van der Waals surface area contributed by atoms with E-state index in [2.05, 4.69) is 5.32 Å². The molecule has 1 aromatic carbocycles. The smallest absolute Gasteiger partial charge is 0.152 e. The summed E-state index contributed by atoms with van der Waals surface area (Å²) >= 11 is 5.99. The first-order valence-electron chi connectivity index (χ1n) is 6.00. The van der Waals surface area contributed by atoms with Gasteiger partial charge >= 0.3 is 0 Å². The number of hydrogen-bond donors (Lipinski definition) is 2. The van der Waals surface area contributed by atoms with Crippen LogP contribution in [-0.4, -0.2) is 32.0 Å². The molecule has 1 aliphatic rings. The summed E-state index contributed by atoms with van der Waals surface area (Å²) in [4.78, 5) is 0. The van der Waals surface area contributed by atoms with Crippen LogP contribution < -0.4 is 11.1 Å². The molecule has 0 bridgehead atoms. The summed E-state index contributed by atoms with van der Waals surface area (Å²) in [5, 5.41) is 3.38. The number of hydrogen-bond acceptors (Lipinski definition) is 4. The maximum absolute atomic E-state index is 13.2. The van der Waals surface area contributed by atoms with Crippen LogP contribution in [-0.2, 0) is 9.84 Å². The minimum absolute atomic E-state index is 0.0522. The van der Waals surface area contributed by atoms with Gasteiger partial charge in [-0.25, -0.2) is 12.8 Å². The lowest BCUT2D eigenvalue weighted by Gasteiger charge is -2.37. The lowest BCUT2D eigenvalue weighted by atomic mass is 9.95. The van der Waals surface area contributed by atoms with E-state index in [1.54, 1.807) is 0 Å². The first kappa shape index (κ1) is 14.6. The Labute approximate surface area is 117 Å². The van der Waals surface area contributed by atoms with Crippen LogP contribution in [0.2, 0.25) is 5.02 Å². The molecule has 1 aliphatic heterocycles. The third kappa shape index (κ3) is 3.38. The van der Waals surface area contributed by atoms with Crippen molar-refractivity contribution in [1.82, 2.24) is 0 Å². The van der Waals surface area contributed by atoms with Crippen LogP contribution in [0.5, 0.6) is 0 Å². The van der Waals surface area contributed by atoms with E-state index in [0.717, 1.165) is 0 Å². The van der Waals surface area contributed by atoms with Crippen molar-refractivity contribution in [2.45, 2.75) is 18.4 Å². The second-order valence-electron chi connectivity index (χ2n) is 4.93. The van der Waals surface area contributed by atoms with Crippen LogP contribution in [0.15, 0.2) is 18.2 Å². The molecule has 0 aromatic heterocycles. The van der Waals surface area contributed by atoms with Gasteiger partial charge in [0.1, 0.15) is 5.82 Å². The van der Waals surface area contributed by atoms with Gasteiger partial charge in [-0.15, -0.1) is 0 Å². The van der Waals surface area contributed by atoms with Crippen LogP contribution in [0.1, 0.15) is 12.8 Å². The molecule has 0 spiro atoms. The van der Waals surface area contributed by atoms with Crippen molar-refractivity contribution in [2.24, 2.45) is 5.73 Å². The summed E-state index contributed by atoms with van der Waals surface area (Å²) in [5.74, 6) is -0.311. The highest BCUT2D eigenvalue weighted by Crippen LogP contribution is 2.30. The molecule has 7 heteroatoms. The van der Waals surface area contributed by atoms with Crippen molar-refractivity contribution < 1.29 is 12.8 Å². The van der Waals surface area contributed by atoms with Gasteiger partial charge in [-0.05, 0) is 31.0 Å². The predicted molar refractivity (Wildman–Crippen MR) is 74.7 cm³/mol. The van der Waals surface area contributed by atoms with E-state index in [1.165, 1.54) is 18.2 Å². The van der Waals surface area contributed by atoms with Crippen LogP contribution in [0.25, 0.3) is 0 Å². The number of halogens is 2. The van der Waals surface area contributed by atoms with Crippen molar-refractivity contribution in [3.8, 4) is 0 Å². The maximum Gasteiger partial charge on any atom is 0.152 e. The van der Waals surface area contributed by atoms with E-state index in [-0.39, 0.29) is 18.1 Å². The molecular formula is C12H16ClFN2O2S. The monoisotopic (exact) mass is 306 g/mol. The van der Waals surface area contributed by atoms with Gasteiger partial charge in [0.25, 0.3) is 0 Å². The zero-order valence-corrected chi connectivity index (χ0v) is 11.9. The summed E-state index contributed by atoms with van der Waals surface area (Å²) in [5.41, 5.74) is 5.34. The van der Waals surface area contributed by atoms with E-state index in [9.17, 15) is 12.8 Å². The lowest BCUT2D eigenvalue weighted by molar-refractivity contribution is 0.450. The zero-order chi connectivity index (χ0) is 14.1. The van der Waals surface area contributed by atoms with Gasteiger partial charge in [0.2, 0.25) is 0 Å². The lowest BCUT2D eigenvalue weighted by Crippen LogP contribution is -2.54. The van der Waals surface area contributed by atoms with Crippen molar-refractivity contribution >= 4 is 27.1 Å². The number of nitrogens with one attached hydrogen (secondary N) is 1. The van der Waals surface area contributed by atoms with E-state index in [1.807, 2.05) is 0 Å². The van der Waals surface area contributed by atoms with Crippen LogP contribution in [0.3, 0.4) is 0 Å². The fourth-order valence-electron chi connectivity index (χ4n) is 2.39. The average Bonchev–Trinajstić information content (AvgIpc) is 2.33. The molecule has 1 atom stereocenters. The zero-order valence-electron chi connectivity index (χ0n) is 10.3. The van der Waals surface area contributed by atoms with Gasteiger partial charge in [0.15, 0.2) is 9.84 Å². The third-order valence-electron chi connectivity index (χ3n) is 3.33. The predicted octanol–water partition coefficient (Wildman–Crippen LogP) is 1.80. The molecule has 1 aromatic rings. The van der Waals surface area contributed by atoms with Crippen LogP contribution >= 0.6 is 11.6 Å². The Balaban J connectivity index is 2.30. The summed E-state index contributed by atoms with van der Waals surface area (Å²) in [6.07, 6.45) is 1.16. The maximum atomic E-state index is 13.2. The number of sulfone groups is 1. The normalized spacial score (nSPS) is 26.1. The standard InChI is InChI=1S/C12H16ClFN2O2S/c13-10-3-2-9(14)6-11(10)16-12(7-15)4-1-5-19(17,18)8-12/h2-3,6,16H,1,4-5,7-8,15H2. The third-order valence-corrected chi connectivity index (χ3v) is 5.56. The Hall–Kier alpha value is -0.850. The Morgan fingerprint density at radius 2 is 2.21 bits per heavy atom. The second kappa shape index (κ2) is 5.26. The fourth-order valence-corrected chi connectivity index (χ4v) is 4.45. The van der Waals surface area contributed by atoms with Crippen LogP contribution in [0, 0.1) is 5.82 Å². The van der Waals surface area contributed by atoms with Crippen LogP contribution in [0.4, 0.5) is 10.1 Å². The largest absolute Gasteiger partial charge is 0.376 e. The molecule has 1 fully saturated rings. The number of nitrogens with two attached hydrogens (primary N) is 1. The topological polar surface area (TPSA) is 72.2 Å². The minimum atomic E-state index is -3.12. The second-order valence-corrected chi connectivity index (χ2v) is 7.52. The molecule has 1 heterocycles. The van der Waals surface area contributed by atoms with Crippen molar-refractivity contribution in [3.05, 3.63) is 29.0 Å².